The van der Waals surface area contributed by atoms with E-state index in [0.717, 1.165) is 32.6 Å². The van der Waals surface area contributed by atoms with E-state index in [0.29, 0.717) is 10.8 Å². The number of carbonyl (C=O) groups excluding carboxylic acids is 1. The Kier molecular flexibility index (Phi) is 6.06. The zero-order chi connectivity index (χ0) is 21.1. The molecule has 0 aliphatic heterocycles. The SMILES string of the molecule is Cc1cc(/C=N\NC(=O)CSc2nc3ccccc3o2)c(C)n1-c1ccc(Br)cc1. The molecule has 4 aromatic rings. The molecule has 1 amide bonds. The van der Waals surface area contributed by atoms with Crippen LogP contribution in [0.4, 0.5) is 0 Å². The molecule has 0 saturated carbocycles. The van der Waals surface area contributed by atoms with Gasteiger partial charge in [0.05, 0.1) is 12.0 Å². The first-order valence-corrected chi connectivity index (χ1v) is 11.0. The normalized spacial score (nSPS) is 11.4. The Balaban J connectivity index is 1.37. The van der Waals surface area contributed by atoms with Crippen LogP contribution in [-0.2, 0) is 4.79 Å². The van der Waals surface area contributed by atoms with Gasteiger partial charge < -0.3 is 8.98 Å². The van der Waals surface area contributed by atoms with E-state index in [1.54, 1.807) is 6.21 Å². The lowest BCUT2D eigenvalue weighted by Gasteiger charge is -2.09. The number of nitrogens with zero attached hydrogens (tertiary/aromatic N) is 3. The number of fused-ring (bicyclic) bond motifs is 1. The van der Waals surface area contributed by atoms with E-state index in [4.69, 9.17) is 4.42 Å². The molecule has 0 aliphatic rings. The summed E-state index contributed by atoms with van der Waals surface area (Å²) in [4.78, 5) is 16.5. The smallest absolute Gasteiger partial charge is 0.257 e. The lowest BCUT2D eigenvalue weighted by molar-refractivity contribution is -0.118. The van der Waals surface area contributed by atoms with E-state index in [1.165, 1.54) is 11.8 Å². The molecule has 1 N–H and O–H groups in total. The summed E-state index contributed by atoms with van der Waals surface area (Å²) >= 11 is 4.70. The monoisotopic (exact) mass is 482 g/mol. The van der Waals surface area contributed by atoms with Crippen molar-refractivity contribution in [2.45, 2.75) is 19.1 Å². The van der Waals surface area contributed by atoms with Gasteiger partial charge in [0.1, 0.15) is 5.52 Å². The summed E-state index contributed by atoms with van der Waals surface area (Å²) in [7, 11) is 0. The predicted molar refractivity (Wildman–Crippen MR) is 123 cm³/mol. The minimum atomic E-state index is -0.222. The molecule has 0 aliphatic carbocycles. The van der Waals surface area contributed by atoms with Crippen molar-refractivity contribution in [3.63, 3.8) is 0 Å². The molecule has 0 spiro atoms. The number of carbonyl (C=O) groups is 1. The summed E-state index contributed by atoms with van der Waals surface area (Å²) in [6, 6.07) is 17.7. The summed E-state index contributed by atoms with van der Waals surface area (Å²) in [5, 5.41) is 4.58. The lowest BCUT2D eigenvalue weighted by atomic mass is 10.2. The maximum Gasteiger partial charge on any atom is 0.257 e. The first-order valence-electron chi connectivity index (χ1n) is 9.26. The Morgan fingerprint density at radius 3 is 2.77 bits per heavy atom. The maximum absolute atomic E-state index is 12.1. The van der Waals surface area contributed by atoms with Crippen molar-refractivity contribution in [3.05, 3.63) is 76.0 Å². The van der Waals surface area contributed by atoms with Crippen LogP contribution in [0.1, 0.15) is 17.0 Å². The van der Waals surface area contributed by atoms with Crippen LogP contribution in [-0.4, -0.2) is 27.4 Å². The van der Waals surface area contributed by atoms with Crippen molar-refractivity contribution in [3.8, 4) is 5.69 Å². The Hall–Kier alpha value is -2.84. The first kappa shape index (κ1) is 20.4. The van der Waals surface area contributed by atoms with Gasteiger partial charge in [-0.1, -0.05) is 39.8 Å². The van der Waals surface area contributed by atoms with Crippen LogP contribution >= 0.6 is 27.7 Å². The molecule has 0 atom stereocenters. The Morgan fingerprint density at radius 2 is 2.00 bits per heavy atom. The van der Waals surface area contributed by atoms with Crippen molar-refractivity contribution in [1.29, 1.82) is 0 Å². The van der Waals surface area contributed by atoms with E-state index in [1.807, 2.05) is 56.3 Å². The first-order chi connectivity index (χ1) is 14.5. The van der Waals surface area contributed by atoms with Crippen LogP contribution in [0, 0.1) is 13.8 Å². The average Bonchev–Trinajstić information content (AvgIpc) is 3.27. The van der Waals surface area contributed by atoms with Gasteiger partial charge in [0.2, 0.25) is 0 Å². The van der Waals surface area contributed by atoms with Gasteiger partial charge in [-0.25, -0.2) is 10.4 Å². The number of aromatic nitrogens is 2. The van der Waals surface area contributed by atoms with Crippen LogP contribution in [0.2, 0.25) is 0 Å². The second kappa shape index (κ2) is 8.89. The highest BCUT2D eigenvalue weighted by molar-refractivity contribution is 9.10. The molecule has 30 heavy (non-hydrogen) atoms. The van der Waals surface area contributed by atoms with Gasteiger partial charge in [0.25, 0.3) is 11.1 Å². The van der Waals surface area contributed by atoms with Gasteiger partial charge in [-0.2, -0.15) is 5.10 Å². The van der Waals surface area contributed by atoms with Gasteiger partial charge in [0, 0.05) is 27.1 Å². The molecule has 0 radical (unpaired) electrons. The van der Waals surface area contributed by atoms with Gasteiger partial charge in [-0.05, 0) is 56.3 Å². The predicted octanol–water partition coefficient (Wildman–Crippen LogP) is 5.24. The van der Waals surface area contributed by atoms with Crippen molar-refractivity contribution in [1.82, 2.24) is 15.0 Å². The van der Waals surface area contributed by atoms with Crippen molar-refractivity contribution in [2.75, 3.05) is 5.75 Å². The van der Waals surface area contributed by atoms with Gasteiger partial charge in [0.15, 0.2) is 5.58 Å². The van der Waals surface area contributed by atoms with Gasteiger partial charge >= 0.3 is 0 Å². The number of nitrogens with one attached hydrogen (secondary N) is 1. The summed E-state index contributed by atoms with van der Waals surface area (Å²) in [6.07, 6.45) is 1.67. The molecule has 4 rings (SSSR count). The largest absolute Gasteiger partial charge is 0.431 e. The highest BCUT2D eigenvalue weighted by Crippen LogP contribution is 2.23. The number of thioether (sulfide) groups is 1. The van der Waals surface area contributed by atoms with Gasteiger partial charge in [-0.15, -0.1) is 0 Å². The van der Waals surface area contributed by atoms with Crippen molar-refractivity contribution in [2.24, 2.45) is 5.10 Å². The average molecular weight is 483 g/mol. The Bertz CT molecular complexity index is 1190. The number of para-hydroxylation sites is 2. The van der Waals surface area contributed by atoms with Crippen LogP contribution in [0.3, 0.4) is 0 Å². The zero-order valence-electron chi connectivity index (χ0n) is 16.4. The van der Waals surface area contributed by atoms with E-state index >= 15 is 0 Å². The molecular weight excluding hydrogens is 464 g/mol. The third-order valence-electron chi connectivity index (χ3n) is 4.55. The number of hydrogen-bond donors (Lipinski definition) is 1. The molecule has 2 aromatic heterocycles. The Morgan fingerprint density at radius 1 is 1.23 bits per heavy atom. The Labute approximate surface area is 186 Å². The van der Waals surface area contributed by atoms with Crippen LogP contribution in [0.5, 0.6) is 0 Å². The van der Waals surface area contributed by atoms with Crippen molar-refractivity contribution < 1.29 is 9.21 Å². The van der Waals surface area contributed by atoms with E-state index < -0.39 is 0 Å². The molecule has 8 heteroatoms. The van der Waals surface area contributed by atoms with Crippen molar-refractivity contribution >= 4 is 50.9 Å². The second-order valence-electron chi connectivity index (χ2n) is 6.67. The number of rotatable bonds is 6. The van der Waals surface area contributed by atoms with E-state index in [-0.39, 0.29) is 11.7 Å². The van der Waals surface area contributed by atoms with E-state index in [9.17, 15) is 4.79 Å². The summed E-state index contributed by atoms with van der Waals surface area (Å²) in [5.74, 6) is -0.0533. The second-order valence-corrected chi connectivity index (χ2v) is 8.51. The summed E-state index contributed by atoms with van der Waals surface area (Å²) < 4.78 is 8.79. The van der Waals surface area contributed by atoms with Gasteiger partial charge in [-0.3, -0.25) is 4.79 Å². The fourth-order valence-corrected chi connectivity index (χ4v) is 4.05. The van der Waals surface area contributed by atoms with Crippen LogP contribution < -0.4 is 5.43 Å². The number of aryl methyl sites for hydroxylation is 1. The topological polar surface area (TPSA) is 72.4 Å². The quantitative estimate of drug-likeness (QED) is 0.231. The highest BCUT2D eigenvalue weighted by atomic mass is 79.9. The third-order valence-corrected chi connectivity index (χ3v) is 5.91. The number of oxazole rings is 1. The third kappa shape index (κ3) is 4.49. The standard InChI is InChI=1S/C22H19BrN4O2S/c1-14-11-16(15(2)27(14)18-9-7-17(23)8-10-18)12-24-26-21(28)13-30-22-25-19-5-3-4-6-20(19)29-22/h3-12H,13H2,1-2H3,(H,26,28)/b24-12-. The number of halogens is 1. The number of amides is 1. The summed E-state index contributed by atoms with van der Waals surface area (Å²) in [6.45, 7) is 4.07. The molecule has 0 fully saturated rings. The fourth-order valence-electron chi connectivity index (χ4n) is 3.15. The zero-order valence-corrected chi connectivity index (χ0v) is 18.8. The molecule has 0 bridgehead atoms. The molecule has 6 nitrogen and oxygen atoms in total. The molecule has 0 unspecified atom stereocenters. The number of hydrazone groups is 1. The fraction of sp³-hybridized carbons (Fsp3) is 0.136. The molecule has 2 aromatic carbocycles. The maximum atomic E-state index is 12.1. The van der Waals surface area contributed by atoms with E-state index in [2.05, 4.69) is 48.1 Å². The number of hydrogen-bond acceptors (Lipinski definition) is 5. The summed E-state index contributed by atoms with van der Waals surface area (Å²) in [5.41, 5.74) is 8.21. The molecular formula is C22H19BrN4O2S. The molecule has 0 saturated heterocycles. The molecule has 152 valence electrons. The minimum Gasteiger partial charge on any atom is -0.431 e. The van der Waals surface area contributed by atoms with Crippen LogP contribution in [0.25, 0.3) is 16.8 Å². The minimum absolute atomic E-state index is 0.169. The highest BCUT2D eigenvalue weighted by Gasteiger charge is 2.11. The van der Waals surface area contributed by atoms with Crippen LogP contribution in [0.15, 0.2) is 73.8 Å². The number of benzene rings is 2. The molecule has 2 heterocycles. The lowest BCUT2D eigenvalue weighted by Crippen LogP contribution is -2.19.